The summed E-state index contributed by atoms with van der Waals surface area (Å²) in [4.78, 5) is 24.9. The van der Waals surface area contributed by atoms with Gasteiger partial charge in [0.05, 0.1) is 18.4 Å². The van der Waals surface area contributed by atoms with Crippen LogP contribution in [0.1, 0.15) is 26.7 Å². The normalized spacial score (nSPS) is 10.2. The van der Waals surface area contributed by atoms with Gasteiger partial charge in [0.1, 0.15) is 11.5 Å². The molecule has 0 bridgehead atoms. The summed E-state index contributed by atoms with van der Waals surface area (Å²) >= 11 is 0. The Balaban J connectivity index is 1.79. The predicted octanol–water partition coefficient (Wildman–Crippen LogP) is 4.10. The van der Waals surface area contributed by atoms with Gasteiger partial charge >= 0.3 is 0 Å². The van der Waals surface area contributed by atoms with Crippen molar-refractivity contribution in [1.29, 1.82) is 0 Å². The fraction of sp³-hybridized carbons (Fsp3) is 0.100. The van der Waals surface area contributed by atoms with Crippen molar-refractivity contribution >= 4 is 23.2 Å². The molecular formula is C20H18N2O4. The van der Waals surface area contributed by atoms with Crippen LogP contribution in [0, 0.1) is 6.92 Å². The number of carbonyl (C=O) groups excluding carboxylic acids is 2. The van der Waals surface area contributed by atoms with Crippen molar-refractivity contribution < 1.29 is 18.7 Å². The molecule has 1 aromatic heterocycles. The van der Waals surface area contributed by atoms with E-state index in [-0.39, 0.29) is 11.7 Å². The Kier molecular flexibility index (Phi) is 5.03. The molecule has 26 heavy (non-hydrogen) atoms. The molecule has 1 heterocycles. The number of nitrogens with one attached hydrogen (secondary N) is 2. The number of aryl methyl sites for hydroxylation is 1. The number of hydrogen-bond donors (Lipinski definition) is 2. The van der Waals surface area contributed by atoms with Gasteiger partial charge in [-0.05, 0) is 43.3 Å². The zero-order valence-electron chi connectivity index (χ0n) is 14.4. The Bertz CT molecular complexity index is 946. The van der Waals surface area contributed by atoms with E-state index in [0.717, 1.165) is 0 Å². The van der Waals surface area contributed by atoms with E-state index in [2.05, 4.69) is 10.6 Å². The number of para-hydroxylation sites is 1. The van der Waals surface area contributed by atoms with Crippen LogP contribution in [0.3, 0.4) is 0 Å². The molecule has 0 radical (unpaired) electrons. The molecule has 0 aliphatic carbocycles. The van der Waals surface area contributed by atoms with Crippen LogP contribution in [-0.4, -0.2) is 18.9 Å². The molecule has 6 heteroatoms. The fourth-order valence-electron chi connectivity index (χ4n) is 2.43. The highest BCUT2D eigenvalue weighted by molar-refractivity contribution is 6.12. The minimum atomic E-state index is -0.417. The van der Waals surface area contributed by atoms with Gasteiger partial charge in [0.15, 0.2) is 5.76 Å². The molecule has 6 nitrogen and oxygen atoms in total. The van der Waals surface area contributed by atoms with Crippen molar-refractivity contribution in [3.63, 3.8) is 0 Å². The van der Waals surface area contributed by atoms with Gasteiger partial charge in [0.2, 0.25) is 0 Å². The molecule has 0 saturated carbocycles. The van der Waals surface area contributed by atoms with Gasteiger partial charge in [-0.15, -0.1) is 0 Å². The first-order chi connectivity index (χ1) is 12.6. The molecule has 0 spiro atoms. The van der Waals surface area contributed by atoms with Gasteiger partial charge in [-0.1, -0.05) is 18.2 Å². The average Bonchev–Trinajstić information content (AvgIpc) is 3.09. The maximum atomic E-state index is 12.6. The van der Waals surface area contributed by atoms with Crippen LogP contribution in [0.5, 0.6) is 5.75 Å². The summed E-state index contributed by atoms with van der Waals surface area (Å²) in [6.45, 7) is 1.76. The van der Waals surface area contributed by atoms with Crippen molar-refractivity contribution in [2.24, 2.45) is 0 Å². The van der Waals surface area contributed by atoms with Gasteiger partial charge in [-0.25, -0.2) is 0 Å². The van der Waals surface area contributed by atoms with Gasteiger partial charge in [0.25, 0.3) is 11.8 Å². The van der Waals surface area contributed by atoms with E-state index in [1.54, 1.807) is 74.7 Å². The first-order valence-corrected chi connectivity index (χ1v) is 7.99. The highest BCUT2D eigenvalue weighted by Crippen LogP contribution is 2.21. The zero-order valence-corrected chi connectivity index (χ0v) is 14.4. The van der Waals surface area contributed by atoms with Crippen molar-refractivity contribution in [2.45, 2.75) is 6.92 Å². The predicted molar refractivity (Wildman–Crippen MR) is 98.8 cm³/mol. The van der Waals surface area contributed by atoms with Gasteiger partial charge in [-0.3, -0.25) is 9.59 Å². The zero-order chi connectivity index (χ0) is 18.5. The lowest BCUT2D eigenvalue weighted by atomic mass is 10.1. The van der Waals surface area contributed by atoms with Crippen LogP contribution in [0.25, 0.3) is 0 Å². The van der Waals surface area contributed by atoms with Crippen LogP contribution in [0.15, 0.2) is 65.1 Å². The molecule has 0 saturated heterocycles. The van der Waals surface area contributed by atoms with E-state index in [9.17, 15) is 9.59 Å². The van der Waals surface area contributed by atoms with Crippen molar-refractivity contribution in [3.8, 4) is 5.75 Å². The van der Waals surface area contributed by atoms with E-state index in [1.165, 1.54) is 0 Å². The average molecular weight is 350 g/mol. The van der Waals surface area contributed by atoms with E-state index in [0.29, 0.717) is 28.4 Å². The lowest BCUT2D eigenvalue weighted by molar-refractivity contribution is 0.0995. The third kappa shape index (κ3) is 3.92. The summed E-state index contributed by atoms with van der Waals surface area (Å²) < 4.78 is 10.5. The number of methoxy groups -OCH3 is 1. The first-order valence-electron chi connectivity index (χ1n) is 7.99. The van der Waals surface area contributed by atoms with E-state index in [1.807, 2.05) is 0 Å². The molecule has 0 atom stereocenters. The number of carbonyl (C=O) groups is 2. The van der Waals surface area contributed by atoms with E-state index in [4.69, 9.17) is 9.15 Å². The number of hydrogen-bond acceptors (Lipinski definition) is 4. The lowest BCUT2D eigenvalue weighted by Crippen LogP contribution is -2.18. The maximum absolute atomic E-state index is 12.6. The van der Waals surface area contributed by atoms with Crippen LogP contribution in [0.4, 0.5) is 11.4 Å². The lowest BCUT2D eigenvalue weighted by Gasteiger charge is -2.11. The van der Waals surface area contributed by atoms with Crippen LogP contribution >= 0.6 is 0 Å². The molecule has 2 N–H and O–H groups in total. The quantitative estimate of drug-likeness (QED) is 0.726. The summed E-state index contributed by atoms with van der Waals surface area (Å²) in [7, 11) is 1.56. The molecule has 0 fully saturated rings. The highest BCUT2D eigenvalue weighted by atomic mass is 16.5. The molecule has 0 aliphatic rings. The minimum absolute atomic E-state index is 0.186. The topological polar surface area (TPSA) is 80.6 Å². The van der Waals surface area contributed by atoms with E-state index < -0.39 is 5.91 Å². The van der Waals surface area contributed by atoms with E-state index >= 15 is 0 Å². The van der Waals surface area contributed by atoms with Crippen molar-refractivity contribution in [1.82, 2.24) is 0 Å². The second-order valence-corrected chi connectivity index (χ2v) is 5.60. The molecular weight excluding hydrogens is 332 g/mol. The largest absolute Gasteiger partial charge is 0.497 e. The molecule has 0 unspecified atom stereocenters. The summed E-state index contributed by atoms with van der Waals surface area (Å²) in [6.07, 6.45) is 0. The van der Waals surface area contributed by atoms with Crippen molar-refractivity contribution in [2.75, 3.05) is 17.7 Å². The van der Waals surface area contributed by atoms with Gasteiger partial charge < -0.3 is 19.8 Å². The smallest absolute Gasteiger partial charge is 0.291 e. The first kappa shape index (κ1) is 17.3. The Labute approximate surface area is 150 Å². The van der Waals surface area contributed by atoms with Crippen LogP contribution < -0.4 is 15.4 Å². The summed E-state index contributed by atoms with van der Waals surface area (Å²) in [5, 5.41) is 5.51. The molecule has 132 valence electrons. The Morgan fingerprint density at radius 1 is 0.923 bits per heavy atom. The van der Waals surface area contributed by atoms with Gasteiger partial charge in [-0.2, -0.15) is 0 Å². The maximum Gasteiger partial charge on any atom is 0.291 e. The number of anilines is 2. The Morgan fingerprint density at radius 2 is 1.73 bits per heavy atom. The SMILES string of the molecule is COc1cccc(NC(=O)c2ccccc2NC(=O)c2ccc(C)o2)c1. The Morgan fingerprint density at radius 3 is 2.46 bits per heavy atom. The van der Waals surface area contributed by atoms with Crippen LogP contribution in [-0.2, 0) is 0 Å². The second-order valence-electron chi connectivity index (χ2n) is 5.60. The summed E-state index contributed by atoms with van der Waals surface area (Å²) in [5.41, 5.74) is 1.33. The fourth-order valence-corrected chi connectivity index (χ4v) is 2.43. The number of benzene rings is 2. The highest BCUT2D eigenvalue weighted by Gasteiger charge is 2.16. The monoisotopic (exact) mass is 350 g/mol. The number of amides is 2. The number of furan rings is 1. The molecule has 3 aromatic rings. The number of ether oxygens (including phenoxy) is 1. The van der Waals surface area contributed by atoms with Crippen LogP contribution in [0.2, 0.25) is 0 Å². The molecule has 2 amide bonds. The third-order valence-electron chi connectivity index (χ3n) is 3.71. The standard InChI is InChI=1S/C20H18N2O4/c1-13-10-11-18(26-13)20(24)22-17-9-4-3-8-16(17)19(23)21-14-6-5-7-15(12-14)25-2/h3-12H,1-2H3,(H,21,23)(H,22,24). The van der Waals surface area contributed by atoms with Crippen molar-refractivity contribution in [3.05, 3.63) is 77.7 Å². The number of rotatable bonds is 5. The van der Waals surface area contributed by atoms with Gasteiger partial charge in [0, 0.05) is 11.8 Å². The Hall–Kier alpha value is -3.54. The molecule has 3 rings (SSSR count). The molecule has 0 aliphatic heterocycles. The molecule has 2 aromatic carbocycles. The second kappa shape index (κ2) is 7.57. The third-order valence-corrected chi connectivity index (χ3v) is 3.71. The minimum Gasteiger partial charge on any atom is -0.497 e. The summed E-state index contributed by atoms with van der Waals surface area (Å²) in [6, 6.07) is 17.1. The summed E-state index contributed by atoms with van der Waals surface area (Å²) in [5.74, 6) is 0.701.